The number of nitrogens with zero attached hydrogens (tertiary/aromatic N) is 4. The molecule has 2 aliphatic rings. The summed E-state index contributed by atoms with van der Waals surface area (Å²) in [6, 6.07) is 7.11. The number of carbonyl (C=O) groups is 5. The van der Waals surface area contributed by atoms with Gasteiger partial charge in [0.05, 0.1) is 23.0 Å². The number of hydrogen-bond donors (Lipinski definition) is 7. The van der Waals surface area contributed by atoms with E-state index in [-0.39, 0.29) is 63.2 Å². The fourth-order valence-electron chi connectivity index (χ4n) is 8.37. The molecule has 5 atom stereocenters. The third kappa shape index (κ3) is 12.3. The topological polar surface area (TPSA) is 283 Å². The minimum absolute atomic E-state index is 0.00603. The molecule has 66 heavy (non-hydrogen) atoms. The summed E-state index contributed by atoms with van der Waals surface area (Å²) in [5, 5.41) is 20.0. The summed E-state index contributed by atoms with van der Waals surface area (Å²) in [6.07, 6.45) is 4.96. The van der Waals surface area contributed by atoms with Gasteiger partial charge in [-0.15, -0.1) is 0 Å². The maximum absolute atomic E-state index is 14.7. The molecule has 5 rings (SSSR count). The number of nitrogens with two attached hydrogens (primary N) is 3. The van der Waals surface area contributed by atoms with Gasteiger partial charge in [0.15, 0.2) is 5.82 Å². The zero-order valence-corrected chi connectivity index (χ0v) is 39.1. The molecule has 1 aliphatic carbocycles. The van der Waals surface area contributed by atoms with E-state index < -0.39 is 53.7 Å². The molecule has 2 aromatic carbocycles. The normalized spacial score (nSPS) is 19.1. The van der Waals surface area contributed by atoms with Crippen LogP contribution >= 0.6 is 0 Å². The van der Waals surface area contributed by atoms with Crippen LogP contribution in [0, 0.1) is 36.5 Å². The fourth-order valence-corrected chi connectivity index (χ4v) is 8.37. The molecule has 18 nitrogen and oxygen atoms in total. The van der Waals surface area contributed by atoms with E-state index in [0.29, 0.717) is 56.9 Å². The molecule has 0 saturated carbocycles. The Kier molecular flexibility index (Phi) is 17.4. The molecule has 2 heterocycles. The van der Waals surface area contributed by atoms with Gasteiger partial charge in [-0.1, -0.05) is 39.0 Å². The van der Waals surface area contributed by atoms with E-state index >= 15 is 0 Å². The molecule has 0 radical (unpaired) electrons. The van der Waals surface area contributed by atoms with Crippen LogP contribution in [0.25, 0.3) is 16.7 Å². The zero-order chi connectivity index (χ0) is 48.3. The number of benzene rings is 2. The highest BCUT2D eigenvalue weighted by atomic mass is 16.5. The molecular weight excluding hydrogens is 843 g/mol. The predicted octanol–water partition coefficient (Wildman–Crippen LogP) is 2.50. The van der Waals surface area contributed by atoms with Gasteiger partial charge in [0.2, 0.25) is 23.6 Å². The Morgan fingerprint density at radius 3 is 2.15 bits per heavy atom. The molecule has 3 aromatic rings. The van der Waals surface area contributed by atoms with Gasteiger partial charge in [-0.25, -0.2) is 9.97 Å². The van der Waals surface area contributed by atoms with Gasteiger partial charge in [-0.05, 0) is 105 Å². The number of amides is 5. The van der Waals surface area contributed by atoms with E-state index in [1.807, 2.05) is 6.07 Å². The number of aromatic nitrogens is 2. The Hall–Kier alpha value is -6.42. The molecule has 4 bridgehead atoms. The van der Waals surface area contributed by atoms with E-state index in [4.69, 9.17) is 36.6 Å². The molecule has 1 aliphatic heterocycles. The maximum atomic E-state index is 14.7. The molecule has 0 fully saturated rings. The summed E-state index contributed by atoms with van der Waals surface area (Å²) in [5.41, 5.74) is 22.0. The molecule has 2 unspecified atom stereocenters. The first kappa shape index (κ1) is 50.6. The molecule has 0 spiro atoms. The van der Waals surface area contributed by atoms with Gasteiger partial charge < -0.3 is 52.8 Å². The third-order valence-electron chi connectivity index (χ3n) is 12.0. The minimum Gasteiger partial charge on any atom is -0.492 e. The van der Waals surface area contributed by atoms with E-state index in [9.17, 15) is 29.2 Å². The van der Waals surface area contributed by atoms with Crippen LogP contribution in [0.3, 0.4) is 0 Å². The van der Waals surface area contributed by atoms with E-state index in [1.54, 1.807) is 50.2 Å². The standard InChI is InChI=1S/C48H65N11O7/c1-27-40(28(2)55-42(54-27)31-9-12-33(13-10-31)48(4,5)6)45(62)57-36(16-17-49)47(64)59(7)41-32-11-15-39(66-23-20-52)35(26-32)34-24-30(8-14-38(34)65-22-19-51)25-37(44(61)53-21-18-50)58-43(60)29(3)56-46(41)63/h8-9,11,14-15,24,26,29,33,36-37,41H,10,12-13,16-17,19-23,25,49,51-52H2,1-7H3,(H,53,61)(H,56,63)(H,57,62)(H,58,60)/t29-,33?,36?,37-,41-/m0/s1. The van der Waals surface area contributed by atoms with Crippen molar-refractivity contribution < 1.29 is 33.4 Å². The maximum Gasteiger partial charge on any atom is 0.255 e. The van der Waals surface area contributed by atoms with Crippen molar-refractivity contribution in [1.29, 1.82) is 5.26 Å². The number of aryl methyl sites for hydroxylation is 2. The van der Waals surface area contributed by atoms with Crippen molar-refractivity contribution in [1.82, 2.24) is 36.1 Å². The fraction of sp³-hybridized carbons (Fsp3) is 0.500. The SMILES string of the molecule is Cc1nc(C2=CCC(C(C)(C)C)CC2)nc(C)c1C(=O)NC(CCN)C(=O)N(C)[C@@H]1C(=O)N[C@@H](C)C(=O)N[C@H](C(=O)NCC#N)Cc2ccc(OCCN)c(c2)-c2cc1ccc2OCCN. The van der Waals surface area contributed by atoms with Gasteiger partial charge >= 0.3 is 0 Å². The Morgan fingerprint density at radius 1 is 0.939 bits per heavy atom. The van der Waals surface area contributed by atoms with Gasteiger partial charge in [0.1, 0.15) is 55.4 Å². The lowest BCUT2D eigenvalue weighted by Gasteiger charge is -2.33. The number of hydrogen-bond acceptors (Lipinski definition) is 13. The van der Waals surface area contributed by atoms with Crippen molar-refractivity contribution in [3.63, 3.8) is 0 Å². The lowest BCUT2D eigenvalue weighted by Crippen LogP contribution is -2.56. The van der Waals surface area contributed by atoms with Crippen LogP contribution in [0.15, 0.2) is 42.5 Å². The van der Waals surface area contributed by atoms with Gasteiger partial charge in [0.25, 0.3) is 5.91 Å². The summed E-state index contributed by atoms with van der Waals surface area (Å²) in [5.74, 6) is -1.38. The molecule has 10 N–H and O–H groups in total. The number of nitriles is 1. The van der Waals surface area contributed by atoms with Crippen LogP contribution < -0.4 is 47.9 Å². The van der Waals surface area contributed by atoms with Crippen molar-refractivity contribution in [2.24, 2.45) is 28.5 Å². The van der Waals surface area contributed by atoms with Crippen LogP contribution in [0.5, 0.6) is 11.5 Å². The van der Waals surface area contributed by atoms with Gasteiger partial charge in [-0.3, -0.25) is 24.0 Å². The van der Waals surface area contributed by atoms with Crippen molar-refractivity contribution in [2.75, 3.05) is 46.4 Å². The van der Waals surface area contributed by atoms with Crippen LogP contribution in [0.4, 0.5) is 0 Å². The van der Waals surface area contributed by atoms with Crippen molar-refractivity contribution in [3.05, 3.63) is 76.4 Å². The van der Waals surface area contributed by atoms with Gasteiger partial charge in [0, 0.05) is 37.7 Å². The highest BCUT2D eigenvalue weighted by Crippen LogP contribution is 2.41. The number of allylic oxidation sites excluding steroid dienone is 2. The average Bonchev–Trinajstić information content (AvgIpc) is 3.28. The first-order valence-electron chi connectivity index (χ1n) is 22.4. The highest BCUT2D eigenvalue weighted by Gasteiger charge is 2.37. The summed E-state index contributed by atoms with van der Waals surface area (Å²) in [6.45, 7) is 12.1. The van der Waals surface area contributed by atoms with Gasteiger partial charge in [-0.2, -0.15) is 5.26 Å². The largest absolute Gasteiger partial charge is 0.492 e. The Bertz CT molecular complexity index is 2330. The first-order valence-corrected chi connectivity index (χ1v) is 22.4. The predicted molar refractivity (Wildman–Crippen MR) is 250 cm³/mol. The van der Waals surface area contributed by atoms with Crippen molar-refractivity contribution in [2.45, 2.75) is 97.8 Å². The van der Waals surface area contributed by atoms with Crippen LogP contribution in [-0.2, 0) is 25.6 Å². The highest BCUT2D eigenvalue weighted by molar-refractivity contribution is 6.00. The number of fused-ring (bicyclic) bond motifs is 5. The number of carbonyl (C=O) groups excluding carboxylic acids is 5. The second-order valence-electron chi connectivity index (χ2n) is 17.8. The number of ether oxygens (including phenoxy) is 2. The molecular formula is C48H65N11O7. The molecule has 5 amide bonds. The number of rotatable bonds is 15. The molecule has 18 heteroatoms. The summed E-state index contributed by atoms with van der Waals surface area (Å²) in [7, 11) is 1.43. The zero-order valence-electron chi connectivity index (χ0n) is 39.1. The van der Waals surface area contributed by atoms with Crippen molar-refractivity contribution in [3.8, 4) is 28.7 Å². The van der Waals surface area contributed by atoms with Crippen molar-refractivity contribution >= 4 is 35.1 Å². The summed E-state index contributed by atoms with van der Waals surface area (Å²) in [4.78, 5) is 81.3. The average molecular weight is 908 g/mol. The van der Waals surface area contributed by atoms with Crippen LogP contribution in [0.1, 0.15) is 98.1 Å². The van der Waals surface area contributed by atoms with Crippen LogP contribution in [0.2, 0.25) is 0 Å². The van der Waals surface area contributed by atoms with E-state index in [1.165, 1.54) is 18.9 Å². The Labute approximate surface area is 386 Å². The lowest BCUT2D eigenvalue weighted by molar-refractivity contribution is -0.141. The van der Waals surface area contributed by atoms with E-state index in [0.717, 1.165) is 24.8 Å². The minimum atomic E-state index is -1.39. The second kappa shape index (κ2) is 22.7. The number of nitrogens with one attached hydrogen (secondary N) is 4. The summed E-state index contributed by atoms with van der Waals surface area (Å²) >= 11 is 0. The Morgan fingerprint density at radius 2 is 1.58 bits per heavy atom. The lowest BCUT2D eigenvalue weighted by atomic mass is 9.73. The smallest absolute Gasteiger partial charge is 0.255 e. The van der Waals surface area contributed by atoms with E-state index in [2.05, 4.69) is 48.1 Å². The molecule has 1 aromatic heterocycles. The second-order valence-corrected chi connectivity index (χ2v) is 17.8. The Balaban J connectivity index is 1.56. The summed E-state index contributed by atoms with van der Waals surface area (Å²) < 4.78 is 12.2. The molecule has 0 saturated heterocycles. The monoisotopic (exact) mass is 908 g/mol. The quantitative estimate of drug-likeness (QED) is 0.108. The van der Waals surface area contributed by atoms with Crippen LogP contribution in [-0.4, -0.2) is 109 Å². The number of likely N-dealkylation sites (N-methyl/N-ethyl adjacent to an activating group) is 1. The first-order chi connectivity index (χ1) is 31.4. The third-order valence-corrected chi connectivity index (χ3v) is 12.0. The molecule has 354 valence electrons.